The molecule has 0 aliphatic rings. The highest BCUT2D eigenvalue weighted by Crippen LogP contribution is 2.61. The maximum atomic E-state index is 10.5. The predicted octanol–water partition coefficient (Wildman–Crippen LogP) is 2.62. The standard InChI is InChI=1S/C8H19O6PS3/c1-4-12-15(16,13-5-2)17-7-6-8(3)14-18(9,10)11/h8H,4-7H2,1-3H3,(H,9,10,11). The van der Waals surface area contributed by atoms with Gasteiger partial charge in [0, 0.05) is 5.75 Å². The van der Waals surface area contributed by atoms with Gasteiger partial charge in [0.05, 0.1) is 19.3 Å². The SMILES string of the molecule is CCOP(=S)(OCC)SCCC(C)OS(=O)(=O)O. The van der Waals surface area contributed by atoms with Crippen LogP contribution in [0.3, 0.4) is 0 Å². The Bertz CT molecular complexity index is 361. The monoisotopic (exact) mass is 338 g/mol. The minimum atomic E-state index is -4.40. The first-order valence-corrected chi connectivity index (χ1v) is 11.0. The molecule has 0 aliphatic heterocycles. The molecule has 1 N–H and O–H groups in total. The van der Waals surface area contributed by atoms with Crippen LogP contribution in [0.5, 0.6) is 0 Å². The highest BCUT2D eigenvalue weighted by molar-refractivity contribution is 8.67. The van der Waals surface area contributed by atoms with E-state index in [0.717, 1.165) is 0 Å². The van der Waals surface area contributed by atoms with E-state index >= 15 is 0 Å². The Kier molecular flexibility index (Phi) is 9.25. The molecule has 0 aromatic heterocycles. The normalized spacial score (nSPS) is 14.7. The van der Waals surface area contributed by atoms with Crippen molar-refractivity contribution in [3.8, 4) is 0 Å². The molecule has 0 aromatic carbocycles. The second-order valence-electron chi connectivity index (χ2n) is 3.24. The predicted molar refractivity (Wildman–Crippen MR) is 76.7 cm³/mol. The molecule has 0 rings (SSSR count). The lowest BCUT2D eigenvalue weighted by atomic mass is 10.3. The molecular formula is C8H19O6PS3. The van der Waals surface area contributed by atoms with Crippen molar-refractivity contribution in [1.29, 1.82) is 0 Å². The summed E-state index contributed by atoms with van der Waals surface area (Å²) >= 11 is 6.64. The van der Waals surface area contributed by atoms with Gasteiger partial charge < -0.3 is 9.05 Å². The van der Waals surface area contributed by atoms with Crippen molar-refractivity contribution in [2.75, 3.05) is 19.0 Å². The molecule has 1 unspecified atom stereocenters. The van der Waals surface area contributed by atoms with Crippen molar-refractivity contribution < 1.29 is 26.2 Å². The molecule has 110 valence electrons. The molecule has 6 nitrogen and oxygen atoms in total. The first-order valence-electron chi connectivity index (χ1n) is 5.41. The highest BCUT2D eigenvalue weighted by atomic mass is 32.9. The molecule has 1 atom stereocenters. The van der Waals surface area contributed by atoms with E-state index in [-0.39, 0.29) is 0 Å². The Hall–Kier alpha value is 0.790. The molecule has 10 heteroatoms. The molecule has 0 radical (unpaired) electrons. The summed E-state index contributed by atoms with van der Waals surface area (Å²) in [5.41, 5.74) is -2.34. The molecule has 0 amide bonds. The van der Waals surface area contributed by atoms with E-state index in [1.807, 2.05) is 13.8 Å². The Morgan fingerprint density at radius 3 is 2.22 bits per heavy atom. The molecule has 0 heterocycles. The van der Waals surface area contributed by atoms with Gasteiger partial charge in [0.15, 0.2) is 0 Å². The molecule has 0 bridgehead atoms. The van der Waals surface area contributed by atoms with Crippen LogP contribution in [-0.2, 0) is 35.4 Å². The lowest BCUT2D eigenvalue weighted by molar-refractivity contribution is 0.195. The van der Waals surface area contributed by atoms with E-state index in [0.29, 0.717) is 25.4 Å². The first kappa shape index (κ1) is 18.8. The summed E-state index contributed by atoms with van der Waals surface area (Å²) in [6.07, 6.45) is -0.192. The topological polar surface area (TPSA) is 82.1 Å². The fourth-order valence-corrected chi connectivity index (χ4v) is 6.41. The average molecular weight is 338 g/mol. The summed E-state index contributed by atoms with van der Waals surface area (Å²) in [6.45, 7) is 6.18. The van der Waals surface area contributed by atoms with Crippen molar-refractivity contribution in [3.05, 3.63) is 0 Å². The Morgan fingerprint density at radius 1 is 1.33 bits per heavy atom. The van der Waals surface area contributed by atoms with Gasteiger partial charge in [-0.15, -0.1) is 0 Å². The molecule has 0 aromatic rings. The van der Waals surface area contributed by atoms with Crippen LogP contribution < -0.4 is 0 Å². The van der Waals surface area contributed by atoms with Crippen LogP contribution in [-0.4, -0.2) is 38.0 Å². The van der Waals surface area contributed by atoms with Crippen LogP contribution in [0.4, 0.5) is 0 Å². The van der Waals surface area contributed by atoms with E-state index in [2.05, 4.69) is 4.18 Å². The second-order valence-corrected chi connectivity index (χ2v) is 10.7. The zero-order valence-corrected chi connectivity index (χ0v) is 13.9. The third-order valence-electron chi connectivity index (χ3n) is 1.63. The molecule has 0 saturated heterocycles. The van der Waals surface area contributed by atoms with E-state index in [9.17, 15) is 8.42 Å². The van der Waals surface area contributed by atoms with Crippen molar-refractivity contribution in [2.24, 2.45) is 0 Å². The molecular weight excluding hydrogens is 319 g/mol. The lowest BCUT2D eigenvalue weighted by Crippen LogP contribution is -2.15. The molecule has 0 aliphatic carbocycles. The van der Waals surface area contributed by atoms with Gasteiger partial charge in [-0.1, -0.05) is 11.4 Å². The van der Waals surface area contributed by atoms with E-state index in [4.69, 9.17) is 25.4 Å². The van der Waals surface area contributed by atoms with Crippen molar-refractivity contribution >= 4 is 39.3 Å². The molecule has 0 spiro atoms. The van der Waals surface area contributed by atoms with Crippen LogP contribution in [0.1, 0.15) is 27.2 Å². The van der Waals surface area contributed by atoms with Gasteiger partial charge in [-0.05, 0) is 39.0 Å². The van der Waals surface area contributed by atoms with Crippen LogP contribution in [0.15, 0.2) is 0 Å². The lowest BCUT2D eigenvalue weighted by Gasteiger charge is -2.20. The number of rotatable bonds is 10. The quantitative estimate of drug-likeness (QED) is 0.481. The van der Waals surface area contributed by atoms with Gasteiger partial charge in [0.2, 0.25) is 5.69 Å². The Morgan fingerprint density at radius 2 is 1.83 bits per heavy atom. The van der Waals surface area contributed by atoms with Gasteiger partial charge in [0.25, 0.3) is 0 Å². The van der Waals surface area contributed by atoms with Gasteiger partial charge >= 0.3 is 10.4 Å². The summed E-state index contributed by atoms with van der Waals surface area (Å²) < 4.78 is 44.6. The van der Waals surface area contributed by atoms with Crippen molar-refractivity contribution in [3.63, 3.8) is 0 Å². The fourth-order valence-electron chi connectivity index (χ4n) is 1.01. The number of hydrogen-bond acceptors (Lipinski definition) is 7. The van der Waals surface area contributed by atoms with E-state index < -0.39 is 22.2 Å². The van der Waals surface area contributed by atoms with Gasteiger partial charge in [-0.2, -0.15) is 8.42 Å². The zero-order valence-electron chi connectivity index (χ0n) is 10.6. The van der Waals surface area contributed by atoms with E-state index in [1.165, 1.54) is 11.4 Å². The van der Waals surface area contributed by atoms with Crippen LogP contribution in [0, 0.1) is 0 Å². The number of hydrogen-bond donors (Lipinski definition) is 1. The van der Waals surface area contributed by atoms with Crippen LogP contribution in [0.25, 0.3) is 0 Å². The molecule has 18 heavy (non-hydrogen) atoms. The fraction of sp³-hybridized carbons (Fsp3) is 1.00. The largest absolute Gasteiger partial charge is 0.397 e. The first-order chi connectivity index (χ1) is 8.22. The molecule has 0 saturated carbocycles. The van der Waals surface area contributed by atoms with Crippen molar-refractivity contribution in [1.82, 2.24) is 0 Å². The molecule has 0 fully saturated rings. The van der Waals surface area contributed by atoms with Gasteiger partial charge in [-0.3, -0.25) is 4.55 Å². The third kappa shape index (κ3) is 9.69. The van der Waals surface area contributed by atoms with E-state index in [1.54, 1.807) is 6.92 Å². The van der Waals surface area contributed by atoms with Crippen LogP contribution in [0.2, 0.25) is 0 Å². The summed E-state index contributed by atoms with van der Waals surface area (Å²) in [4.78, 5) is 0. The smallest absolute Gasteiger partial charge is 0.322 e. The summed E-state index contributed by atoms with van der Waals surface area (Å²) in [7, 11) is -4.40. The summed E-state index contributed by atoms with van der Waals surface area (Å²) in [6, 6.07) is 0. The summed E-state index contributed by atoms with van der Waals surface area (Å²) in [5.74, 6) is 0.536. The van der Waals surface area contributed by atoms with Gasteiger partial charge in [0.1, 0.15) is 0 Å². The van der Waals surface area contributed by atoms with Crippen molar-refractivity contribution in [2.45, 2.75) is 33.3 Å². The second kappa shape index (κ2) is 8.86. The minimum Gasteiger partial charge on any atom is -0.322 e. The highest BCUT2D eigenvalue weighted by Gasteiger charge is 2.20. The minimum absolute atomic E-state index is 0.420. The van der Waals surface area contributed by atoms with Gasteiger partial charge in [-0.25, -0.2) is 4.18 Å². The third-order valence-corrected chi connectivity index (χ3v) is 7.80. The maximum Gasteiger partial charge on any atom is 0.397 e. The Balaban J connectivity index is 4.11. The van der Waals surface area contributed by atoms with Crippen LogP contribution >= 0.6 is 17.1 Å². The Labute approximate surface area is 118 Å². The average Bonchev–Trinajstić information content (AvgIpc) is 2.14. The maximum absolute atomic E-state index is 10.5. The summed E-state index contributed by atoms with van der Waals surface area (Å²) in [5, 5.41) is 0. The zero-order chi connectivity index (χ0) is 14.2.